The second-order valence-corrected chi connectivity index (χ2v) is 10.9. The SMILES string of the molecule is CC1CCN(C(=O)CN(c2cc(C(F)(F)F)ccc2Cl)S(=O)(=O)c2ccc(Cl)cc2)CC1CN. The van der Waals surface area contributed by atoms with Crippen molar-refractivity contribution in [2.45, 2.75) is 24.4 Å². The summed E-state index contributed by atoms with van der Waals surface area (Å²) in [5.74, 6) is -0.228. The third-order valence-corrected chi connectivity index (χ3v) is 8.34. The van der Waals surface area contributed by atoms with E-state index >= 15 is 0 Å². The molecular formula is C22H24Cl2F3N3O3S. The second-order valence-electron chi connectivity index (χ2n) is 8.23. The van der Waals surface area contributed by atoms with Crippen LogP contribution in [0, 0.1) is 11.8 Å². The van der Waals surface area contributed by atoms with Crippen molar-refractivity contribution in [3.05, 3.63) is 58.1 Å². The molecule has 34 heavy (non-hydrogen) atoms. The molecule has 3 rings (SSSR count). The molecule has 2 N–H and O–H groups in total. The summed E-state index contributed by atoms with van der Waals surface area (Å²) in [4.78, 5) is 14.4. The van der Waals surface area contributed by atoms with E-state index in [1.165, 1.54) is 29.2 Å². The van der Waals surface area contributed by atoms with Gasteiger partial charge in [0.2, 0.25) is 5.91 Å². The fraction of sp³-hybridized carbons (Fsp3) is 0.409. The van der Waals surface area contributed by atoms with Crippen LogP contribution in [0.25, 0.3) is 0 Å². The summed E-state index contributed by atoms with van der Waals surface area (Å²) in [7, 11) is -4.47. The zero-order valence-electron chi connectivity index (χ0n) is 18.2. The number of benzene rings is 2. The van der Waals surface area contributed by atoms with Crippen LogP contribution in [0.3, 0.4) is 0 Å². The molecule has 0 bridgehead atoms. The van der Waals surface area contributed by atoms with Crippen LogP contribution in [-0.2, 0) is 21.0 Å². The van der Waals surface area contributed by atoms with E-state index in [-0.39, 0.29) is 20.9 Å². The molecule has 0 radical (unpaired) electrons. The summed E-state index contributed by atoms with van der Waals surface area (Å²) in [6.07, 6.45) is -4.06. The Labute approximate surface area is 206 Å². The Bertz CT molecular complexity index is 1140. The van der Waals surface area contributed by atoms with Gasteiger partial charge in [-0.25, -0.2) is 8.42 Å². The van der Waals surface area contributed by atoms with Crippen molar-refractivity contribution in [2.24, 2.45) is 17.6 Å². The number of hydrogen-bond donors (Lipinski definition) is 1. The number of sulfonamides is 1. The Hall–Kier alpha value is -2.01. The molecule has 2 unspecified atom stereocenters. The quantitative estimate of drug-likeness (QED) is 0.581. The lowest BCUT2D eigenvalue weighted by atomic mass is 9.87. The van der Waals surface area contributed by atoms with E-state index in [9.17, 15) is 26.4 Å². The van der Waals surface area contributed by atoms with E-state index in [1.54, 1.807) is 0 Å². The molecule has 0 aromatic heterocycles. The summed E-state index contributed by atoms with van der Waals surface area (Å²) in [6, 6.07) is 7.43. The summed E-state index contributed by atoms with van der Waals surface area (Å²) in [5.41, 5.74) is 4.27. The maximum absolute atomic E-state index is 13.5. The number of nitrogens with two attached hydrogens (primary N) is 1. The van der Waals surface area contributed by atoms with Crippen molar-refractivity contribution in [1.29, 1.82) is 0 Å². The predicted octanol–water partition coefficient (Wildman–Crippen LogP) is 4.65. The molecule has 0 spiro atoms. The summed E-state index contributed by atoms with van der Waals surface area (Å²) in [5, 5.41) is 0.0272. The normalized spacial score (nSPS) is 19.2. The minimum atomic E-state index is -4.74. The molecule has 2 atom stereocenters. The van der Waals surface area contributed by atoms with Gasteiger partial charge in [0.15, 0.2) is 0 Å². The van der Waals surface area contributed by atoms with E-state index < -0.39 is 39.9 Å². The van der Waals surface area contributed by atoms with Crippen LogP contribution >= 0.6 is 23.2 Å². The number of carbonyl (C=O) groups is 1. The Morgan fingerprint density at radius 1 is 1.18 bits per heavy atom. The number of alkyl halides is 3. The standard InChI is InChI=1S/C22H24Cl2F3N3O3S/c1-14-8-9-29(12-15(14)11-28)21(31)13-30(34(32,33)18-5-3-17(23)4-6-18)20-10-16(22(25,26)27)2-7-19(20)24/h2-7,10,14-15H,8-9,11-13,28H2,1H3. The number of piperidine rings is 1. The number of likely N-dealkylation sites (tertiary alicyclic amines) is 1. The topological polar surface area (TPSA) is 83.7 Å². The van der Waals surface area contributed by atoms with Crippen molar-refractivity contribution < 1.29 is 26.4 Å². The highest BCUT2D eigenvalue weighted by molar-refractivity contribution is 7.92. The summed E-state index contributed by atoms with van der Waals surface area (Å²) < 4.78 is 67.8. The average Bonchev–Trinajstić information content (AvgIpc) is 2.77. The fourth-order valence-corrected chi connectivity index (χ4v) is 5.64. The zero-order chi connectivity index (χ0) is 25.3. The largest absolute Gasteiger partial charge is 0.416 e. The number of nitrogens with zero attached hydrogens (tertiary/aromatic N) is 2. The maximum atomic E-state index is 13.5. The molecule has 1 amide bonds. The third kappa shape index (κ3) is 5.79. The Kier molecular flexibility index (Phi) is 8.07. The van der Waals surface area contributed by atoms with Crippen molar-refractivity contribution in [2.75, 3.05) is 30.5 Å². The molecule has 2 aromatic carbocycles. The molecule has 6 nitrogen and oxygen atoms in total. The number of amides is 1. The van der Waals surface area contributed by atoms with Crippen LogP contribution in [0.1, 0.15) is 18.9 Å². The molecule has 1 aliphatic heterocycles. The summed E-state index contributed by atoms with van der Waals surface area (Å²) in [6.45, 7) is 2.39. The van der Waals surface area contributed by atoms with Gasteiger partial charge in [-0.15, -0.1) is 0 Å². The van der Waals surface area contributed by atoms with Crippen LogP contribution in [0.15, 0.2) is 47.4 Å². The van der Waals surface area contributed by atoms with Crippen molar-refractivity contribution in [1.82, 2.24) is 4.90 Å². The van der Waals surface area contributed by atoms with Gasteiger partial charge in [0.1, 0.15) is 6.54 Å². The molecule has 1 saturated heterocycles. The van der Waals surface area contributed by atoms with Crippen LogP contribution in [-0.4, -0.2) is 45.4 Å². The molecule has 2 aromatic rings. The lowest BCUT2D eigenvalue weighted by molar-refractivity contribution is -0.137. The first kappa shape index (κ1) is 26.6. The fourth-order valence-electron chi connectivity index (χ4n) is 3.82. The van der Waals surface area contributed by atoms with Crippen molar-refractivity contribution in [3.8, 4) is 0 Å². The molecule has 186 valence electrons. The minimum Gasteiger partial charge on any atom is -0.341 e. The van der Waals surface area contributed by atoms with Crippen molar-refractivity contribution in [3.63, 3.8) is 0 Å². The van der Waals surface area contributed by atoms with E-state index in [0.29, 0.717) is 42.3 Å². The van der Waals surface area contributed by atoms with Gasteiger partial charge in [-0.05, 0) is 67.3 Å². The highest BCUT2D eigenvalue weighted by atomic mass is 35.5. The molecule has 1 aliphatic rings. The van der Waals surface area contributed by atoms with Gasteiger partial charge in [-0.1, -0.05) is 30.1 Å². The lowest BCUT2D eigenvalue weighted by Gasteiger charge is -2.37. The molecule has 0 saturated carbocycles. The predicted molar refractivity (Wildman–Crippen MR) is 125 cm³/mol. The van der Waals surface area contributed by atoms with Gasteiger partial charge in [-0.2, -0.15) is 13.2 Å². The smallest absolute Gasteiger partial charge is 0.341 e. The Morgan fingerprint density at radius 2 is 1.82 bits per heavy atom. The van der Waals surface area contributed by atoms with Gasteiger partial charge in [0.05, 0.1) is 21.2 Å². The van der Waals surface area contributed by atoms with Gasteiger partial charge in [-0.3, -0.25) is 9.10 Å². The van der Waals surface area contributed by atoms with E-state index in [2.05, 4.69) is 0 Å². The number of carbonyl (C=O) groups excluding carboxylic acids is 1. The van der Waals surface area contributed by atoms with Gasteiger partial charge in [0, 0.05) is 18.1 Å². The first-order valence-electron chi connectivity index (χ1n) is 10.5. The van der Waals surface area contributed by atoms with E-state index in [0.717, 1.165) is 12.1 Å². The molecule has 0 aliphatic carbocycles. The van der Waals surface area contributed by atoms with Gasteiger partial charge < -0.3 is 10.6 Å². The lowest BCUT2D eigenvalue weighted by Crippen LogP contribution is -2.49. The summed E-state index contributed by atoms with van der Waals surface area (Å²) >= 11 is 12.0. The number of rotatable bonds is 6. The van der Waals surface area contributed by atoms with E-state index in [1.807, 2.05) is 6.92 Å². The van der Waals surface area contributed by atoms with Gasteiger partial charge in [0.25, 0.3) is 10.0 Å². The average molecular weight is 538 g/mol. The Balaban J connectivity index is 2.05. The van der Waals surface area contributed by atoms with Gasteiger partial charge >= 0.3 is 6.18 Å². The number of hydrogen-bond acceptors (Lipinski definition) is 4. The minimum absolute atomic E-state index is 0.0381. The van der Waals surface area contributed by atoms with E-state index in [4.69, 9.17) is 28.9 Å². The number of halogens is 5. The third-order valence-electron chi connectivity index (χ3n) is 5.99. The molecule has 1 heterocycles. The second kappa shape index (κ2) is 10.3. The highest BCUT2D eigenvalue weighted by Gasteiger charge is 2.36. The van der Waals surface area contributed by atoms with Crippen LogP contribution in [0.5, 0.6) is 0 Å². The first-order valence-corrected chi connectivity index (χ1v) is 12.7. The zero-order valence-corrected chi connectivity index (χ0v) is 20.6. The Morgan fingerprint density at radius 3 is 2.41 bits per heavy atom. The molecule has 1 fully saturated rings. The van der Waals surface area contributed by atoms with Crippen LogP contribution in [0.2, 0.25) is 10.0 Å². The monoisotopic (exact) mass is 537 g/mol. The van der Waals surface area contributed by atoms with Crippen LogP contribution < -0.4 is 10.0 Å². The highest BCUT2D eigenvalue weighted by Crippen LogP contribution is 2.37. The van der Waals surface area contributed by atoms with Crippen molar-refractivity contribution >= 4 is 44.8 Å². The first-order chi connectivity index (χ1) is 15.8. The molecular weight excluding hydrogens is 514 g/mol. The number of anilines is 1. The molecule has 12 heteroatoms. The van der Waals surface area contributed by atoms with Crippen LogP contribution in [0.4, 0.5) is 18.9 Å². The maximum Gasteiger partial charge on any atom is 0.416 e.